The molecule has 4 aromatic rings. The Morgan fingerprint density at radius 2 is 1.87 bits per heavy atom. The van der Waals surface area contributed by atoms with Gasteiger partial charge in [-0.1, -0.05) is 11.8 Å². The van der Waals surface area contributed by atoms with E-state index in [-0.39, 0.29) is 17.3 Å². The smallest absolute Gasteiger partial charge is 0.269 e. The maximum absolute atomic E-state index is 12.2. The minimum atomic E-state index is -0.487. The third-order valence-corrected chi connectivity index (χ3v) is 5.31. The molecule has 0 radical (unpaired) electrons. The number of nitro benzene ring substituents is 1. The molecule has 0 atom stereocenters. The van der Waals surface area contributed by atoms with E-state index in [9.17, 15) is 14.9 Å². The first-order valence-electron chi connectivity index (χ1n) is 9.20. The standard InChI is InChI=1S/C21H17N5O4S/c1-30-17-8-2-14(3-9-17)18-12-25-19(23-18)10-11-21(24-25)31-13-20(27)22-15-4-6-16(7-5-15)26(28)29/h2-12H,13H2,1H3,(H,22,27). The van der Waals surface area contributed by atoms with Crippen LogP contribution in [0.4, 0.5) is 11.4 Å². The summed E-state index contributed by atoms with van der Waals surface area (Å²) in [5, 5.41) is 18.6. The van der Waals surface area contributed by atoms with Crippen LogP contribution in [0.15, 0.2) is 71.9 Å². The number of nitrogens with zero attached hydrogens (tertiary/aromatic N) is 4. The fourth-order valence-corrected chi connectivity index (χ4v) is 3.51. The van der Waals surface area contributed by atoms with Gasteiger partial charge in [0.05, 0.1) is 29.7 Å². The molecule has 0 saturated carbocycles. The van der Waals surface area contributed by atoms with Crippen molar-refractivity contribution < 1.29 is 14.5 Å². The highest BCUT2D eigenvalue weighted by atomic mass is 32.2. The summed E-state index contributed by atoms with van der Waals surface area (Å²) in [6, 6.07) is 16.9. The summed E-state index contributed by atoms with van der Waals surface area (Å²) < 4.78 is 6.85. The molecule has 1 N–H and O–H groups in total. The van der Waals surface area contributed by atoms with Crippen molar-refractivity contribution in [2.75, 3.05) is 18.2 Å². The fourth-order valence-electron chi connectivity index (χ4n) is 2.85. The number of nitrogens with one attached hydrogen (secondary N) is 1. The molecule has 156 valence electrons. The number of amides is 1. The Balaban J connectivity index is 1.40. The van der Waals surface area contributed by atoms with Gasteiger partial charge in [0.1, 0.15) is 10.8 Å². The summed E-state index contributed by atoms with van der Waals surface area (Å²) in [5.74, 6) is 0.692. The predicted molar refractivity (Wildman–Crippen MR) is 117 cm³/mol. The Labute approximate surface area is 181 Å². The second-order valence-electron chi connectivity index (χ2n) is 6.47. The van der Waals surface area contributed by atoms with Gasteiger partial charge in [-0.05, 0) is 48.5 Å². The molecule has 0 saturated heterocycles. The molecule has 0 bridgehead atoms. The van der Waals surface area contributed by atoms with E-state index in [1.807, 2.05) is 42.6 Å². The van der Waals surface area contributed by atoms with Crippen LogP contribution in [0.3, 0.4) is 0 Å². The van der Waals surface area contributed by atoms with Crippen LogP contribution in [-0.2, 0) is 4.79 Å². The summed E-state index contributed by atoms with van der Waals surface area (Å²) >= 11 is 1.28. The van der Waals surface area contributed by atoms with Crippen LogP contribution in [0.5, 0.6) is 5.75 Å². The number of carbonyl (C=O) groups is 1. The summed E-state index contributed by atoms with van der Waals surface area (Å²) in [6.45, 7) is 0. The Morgan fingerprint density at radius 3 is 2.55 bits per heavy atom. The number of anilines is 1. The molecule has 2 aromatic heterocycles. The van der Waals surface area contributed by atoms with E-state index in [4.69, 9.17) is 4.74 Å². The maximum Gasteiger partial charge on any atom is 0.269 e. The molecule has 31 heavy (non-hydrogen) atoms. The van der Waals surface area contributed by atoms with Gasteiger partial charge in [-0.3, -0.25) is 14.9 Å². The number of hydrogen-bond acceptors (Lipinski definition) is 7. The number of fused-ring (bicyclic) bond motifs is 1. The molecule has 0 aliphatic heterocycles. The van der Waals surface area contributed by atoms with E-state index in [0.717, 1.165) is 17.0 Å². The number of benzene rings is 2. The molecular formula is C21H17N5O4S. The molecule has 10 heteroatoms. The van der Waals surface area contributed by atoms with Crippen molar-refractivity contribution in [3.63, 3.8) is 0 Å². The summed E-state index contributed by atoms with van der Waals surface area (Å²) in [7, 11) is 1.62. The molecule has 9 nitrogen and oxygen atoms in total. The quantitative estimate of drug-likeness (QED) is 0.265. The number of nitro groups is 1. The Bertz CT molecular complexity index is 1240. The van der Waals surface area contributed by atoms with Gasteiger partial charge in [-0.25, -0.2) is 9.50 Å². The lowest BCUT2D eigenvalue weighted by Crippen LogP contribution is -2.14. The maximum atomic E-state index is 12.2. The van der Waals surface area contributed by atoms with Crippen LogP contribution < -0.4 is 10.1 Å². The normalized spacial score (nSPS) is 10.7. The summed E-state index contributed by atoms with van der Waals surface area (Å²) in [5.41, 5.74) is 2.90. The van der Waals surface area contributed by atoms with Crippen molar-refractivity contribution in [3.05, 3.63) is 77.0 Å². The number of non-ortho nitro benzene ring substituents is 1. The van der Waals surface area contributed by atoms with Crippen LogP contribution in [0.1, 0.15) is 0 Å². The molecule has 0 aliphatic rings. The van der Waals surface area contributed by atoms with Crippen molar-refractivity contribution in [1.82, 2.24) is 14.6 Å². The first kappa shape index (κ1) is 20.4. The molecule has 2 aromatic carbocycles. The van der Waals surface area contributed by atoms with E-state index >= 15 is 0 Å². The number of aromatic nitrogens is 3. The van der Waals surface area contributed by atoms with E-state index < -0.39 is 4.92 Å². The zero-order valence-electron chi connectivity index (χ0n) is 16.4. The summed E-state index contributed by atoms with van der Waals surface area (Å²) in [4.78, 5) is 27.0. The minimum absolute atomic E-state index is 0.0285. The fraction of sp³-hybridized carbons (Fsp3) is 0.0952. The average Bonchev–Trinajstić information content (AvgIpc) is 3.21. The van der Waals surface area contributed by atoms with Gasteiger partial charge < -0.3 is 10.1 Å². The molecule has 0 unspecified atom stereocenters. The molecule has 0 aliphatic carbocycles. The number of ether oxygens (including phenoxy) is 1. The van der Waals surface area contributed by atoms with Crippen LogP contribution >= 0.6 is 11.8 Å². The predicted octanol–water partition coefficient (Wildman–Crippen LogP) is 4.04. The lowest BCUT2D eigenvalue weighted by atomic mass is 10.2. The zero-order chi connectivity index (χ0) is 21.8. The lowest BCUT2D eigenvalue weighted by molar-refractivity contribution is -0.384. The van der Waals surface area contributed by atoms with Gasteiger partial charge in [-0.15, -0.1) is 0 Å². The first-order valence-corrected chi connectivity index (χ1v) is 10.2. The second-order valence-corrected chi connectivity index (χ2v) is 7.47. The number of imidazole rings is 1. The van der Waals surface area contributed by atoms with Crippen LogP contribution in [0.2, 0.25) is 0 Å². The van der Waals surface area contributed by atoms with Gasteiger partial charge in [-0.2, -0.15) is 5.10 Å². The highest BCUT2D eigenvalue weighted by Gasteiger charge is 2.10. The molecule has 1 amide bonds. The van der Waals surface area contributed by atoms with Crippen molar-refractivity contribution in [2.24, 2.45) is 0 Å². The molecule has 0 fully saturated rings. The van der Waals surface area contributed by atoms with E-state index in [0.29, 0.717) is 16.4 Å². The van der Waals surface area contributed by atoms with Crippen LogP contribution in [-0.4, -0.2) is 38.3 Å². The van der Waals surface area contributed by atoms with Crippen molar-refractivity contribution in [3.8, 4) is 17.0 Å². The number of thioether (sulfide) groups is 1. The van der Waals surface area contributed by atoms with Gasteiger partial charge in [0, 0.05) is 23.4 Å². The lowest BCUT2D eigenvalue weighted by Gasteiger charge is -2.05. The van der Waals surface area contributed by atoms with E-state index in [1.165, 1.54) is 36.0 Å². The third-order valence-electron chi connectivity index (χ3n) is 4.39. The minimum Gasteiger partial charge on any atom is -0.497 e. The average molecular weight is 435 g/mol. The monoisotopic (exact) mass is 435 g/mol. The van der Waals surface area contributed by atoms with Crippen molar-refractivity contribution >= 4 is 34.7 Å². The molecular weight excluding hydrogens is 418 g/mol. The second kappa shape index (κ2) is 8.84. The van der Waals surface area contributed by atoms with Gasteiger partial charge >= 0.3 is 0 Å². The third kappa shape index (κ3) is 4.81. The number of methoxy groups -OCH3 is 1. The van der Waals surface area contributed by atoms with Crippen LogP contribution in [0, 0.1) is 10.1 Å². The topological polar surface area (TPSA) is 112 Å². The van der Waals surface area contributed by atoms with Gasteiger partial charge in [0.15, 0.2) is 5.65 Å². The van der Waals surface area contributed by atoms with Gasteiger partial charge in [0.25, 0.3) is 5.69 Å². The Morgan fingerprint density at radius 1 is 1.13 bits per heavy atom. The zero-order valence-corrected chi connectivity index (χ0v) is 17.2. The van der Waals surface area contributed by atoms with Crippen LogP contribution in [0.25, 0.3) is 16.9 Å². The number of rotatable bonds is 7. The van der Waals surface area contributed by atoms with E-state index in [2.05, 4.69) is 15.4 Å². The molecule has 4 rings (SSSR count). The number of hydrogen-bond donors (Lipinski definition) is 1. The molecule has 2 heterocycles. The highest BCUT2D eigenvalue weighted by molar-refractivity contribution is 7.99. The first-order chi connectivity index (χ1) is 15.0. The Kier molecular flexibility index (Phi) is 5.80. The highest BCUT2D eigenvalue weighted by Crippen LogP contribution is 2.23. The largest absolute Gasteiger partial charge is 0.497 e. The summed E-state index contributed by atoms with van der Waals surface area (Å²) in [6.07, 6.45) is 1.83. The number of carbonyl (C=O) groups excluding carboxylic acids is 1. The van der Waals surface area contributed by atoms with Crippen molar-refractivity contribution in [1.29, 1.82) is 0 Å². The van der Waals surface area contributed by atoms with Crippen molar-refractivity contribution in [2.45, 2.75) is 5.03 Å². The van der Waals surface area contributed by atoms with E-state index in [1.54, 1.807) is 11.6 Å². The SMILES string of the molecule is COc1ccc(-c2cn3nc(SCC(=O)Nc4ccc([N+](=O)[O-])cc4)ccc3n2)cc1. The van der Waals surface area contributed by atoms with Gasteiger partial charge in [0.2, 0.25) is 5.91 Å². The Hall–Kier alpha value is -3.92. The molecule has 0 spiro atoms.